The van der Waals surface area contributed by atoms with Crippen molar-refractivity contribution < 1.29 is 9.47 Å². The molecule has 0 atom stereocenters. The predicted molar refractivity (Wildman–Crippen MR) is 107 cm³/mol. The zero-order valence-corrected chi connectivity index (χ0v) is 15.3. The van der Waals surface area contributed by atoms with Crippen molar-refractivity contribution in [2.75, 3.05) is 14.2 Å². The average Bonchev–Trinajstić information content (AvgIpc) is 3.13. The minimum atomic E-state index is 0.668. The summed E-state index contributed by atoms with van der Waals surface area (Å²) in [5, 5.41) is 9.66. The van der Waals surface area contributed by atoms with E-state index >= 15 is 0 Å². The second-order valence-electron chi connectivity index (χ2n) is 6.44. The monoisotopic (exact) mass is 353 g/mol. The van der Waals surface area contributed by atoms with E-state index in [1.807, 2.05) is 42.5 Å². The first kappa shape index (κ1) is 16.9. The Bertz CT molecular complexity index is 1060. The summed E-state index contributed by atoms with van der Waals surface area (Å²) in [7, 11) is 3.30. The molecule has 3 aromatic carbocycles. The van der Waals surface area contributed by atoms with E-state index < -0.39 is 0 Å². The fourth-order valence-corrected chi connectivity index (χ4v) is 3.68. The largest absolute Gasteiger partial charge is 0.497 e. The van der Waals surface area contributed by atoms with E-state index in [0.717, 1.165) is 40.0 Å². The molecule has 0 saturated carbocycles. The molecule has 0 heterocycles. The quantitative estimate of drug-likeness (QED) is 0.656. The van der Waals surface area contributed by atoms with Gasteiger partial charge in [0, 0.05) is 6.42 Å². The van der Waals surface area contributed by atoms with Gasteiger partial charge in [0.1, 0.15) is 11.5 Å². The number of allylic oxidation sites excluding steroid dienone is 1. The van der Waals surface area contributed by atoms with Crippen LogP contribution in [0.25, 0.3) is 11.1 Å². The van der Waals surface area contributed by atoms with Crippen LogP contribution in [0.3, 0.4) is 0 Å². The number of nitrogens with zero attached hydrogens (tertiary/aromatic N) is 1. The molecule has 3 nitrogen and oxygen atoms in total. The van der Waals surface area contributed by atoms with Gasteiger partial charge >= 0.3 is 0 Å². The smallest absolute Gasteiger partial charge is 0.120 e. The summed E-state index contributed by atoms with van der Waals surface area (Å²) >= 11 is 0. The highest BCUT2D eigenvalue weighted by atomic mass is 16.5. The van der Waals surface area contributed by atoms with E-state index in [-0.39, 0.29) is 0 Å². The molecule has 1 aliphatic rings. The van der Waals surface area contributed by atoms with Gasteiger partial charge in [0.2, 0.25) is 0 Å². The summed E-state index contributed by atoms with van der Waals surface area (Å²) in [6.45, 7) is 0. The number of hydrogen-bond acceptors (Lipinski definition) is 3. The van der Waals surface area contributed by atoms with Crippen LogP contribution in [0.2, 0.25) is 0 Å². The molecule has 0 fully saturated rings. The van der Waals surface area contributed by atoms with E-state index in [9.17, 15) is 5.26 Å². The summed E-state index contributed by atoms with van der Waals surface area (Å²) in [6, 6.07) is 24.6. The van der Waals surface area contributed by atoms with Gasteiger partial charge in [-0.15, -0.1) is 0 Å². The maximum absolute atomic E-state index is 9.66. The third-order valence-corrected chi connectivity index (χ3v) is 5.01. The minimum absolute atomic E-state index is 0.668. The summed E-state index contributed by atoms with van der Waals surface area (Å²) < 4.78 is 10.7. The van der Waals surface area contributed by atoms with Crippen LogP contribution in [0.5, 0.6) is 11.5 Å². The van der Waals surface area contributed by atoms with Gasteiger partial charge in [0.05, 0.1) is 25.9 Å². The Hall–Kier alpha value is -3.51. The Balaban J connectivity index is 1.96. The van der Waals surface area contributed by atoms with Crippen molar-refractivity contribution in [1.82, 2.24) is 0 Å². The number of benzene rings is 3. The Morgan fingerprint density at radius 2 is 1.52 bits per heavy atom. The molecule has 0 saturated heterocycles. The number of nitriles is 1. The number of rotatable bonds is 4. The SMILES string of the molecule is COc1ccc(C2=C(c3ccccc3)c3cc(OC)cc(C#N)c3C2)cc1. The highest BCUT2D eigenvalue weighted by molar-refractivity contribution is 6.04. The van der Waals surface area contributed by atoms with Crippen molar-refractivity contribution in [2.45, 2.75) is 6.42 Å². The van der Waals surface area contributed by atoms with E-state index in [2.05, 4.69) is 30.3 Å². The van der Waals surface area contributed by atoms with Gasteiger partial charge in [0.15, 0.2) is 0 Å². The molecule has 0 bridgehead atoms. The summed E-state index contributed by atoms with van der Waals surface area (Å²) in [6.07, 6.45) is 0.721. The Morgan fingerprint density at radius 1 is 0.815 bits per heavy atom. The van der Waals surface area contributed by atoms with Crippen LogP contribution in [0, 0.1) is 11.3 Å². The number of fused-ring (bicyclic) bond motifs is 1. The molecule has 0 N–H and O–H groups in total. The zero-order valence-electron chi connectivity index (χ0n) is 15.3. The van der Waals surface area contributed by atoms with Crippen molar-refractivity contribution in [1.29, 1.82) is 5.26 Å². The Kier molecular flexibility index (Phi) is 4.40. The van der Waals surface area contributed by atoms with Crippen molar-refractivity contribution in [3.8, 4) is 17.6 Å². The van der Waals surface area contributed by atoms with Gasteiger partial charge < -0.3 is 9.47 Å². The number of ether oxygens (including phenoxy) is 2. The first-order chi connectivity index (χ1) is 13.2. The zero-order chi connectivity index (χ0) is 18.8. The molecular weight excluding hydrogens is 334 g/mol. The molecule has 0 unspecified atom stereocenters. The van der Waals surface area contributed by atoms with Gasteiger partial charge in [-0.25, -0.2) is 0 Å². The standard InChI is InChI=1S/C24H19NO2/c1-26-19-10-8-16(9-11-19)22-14-21-18(15-25)12-20(27-2)13-23(21)24(22)17-6-4-3-5-7-17/h3-13H,14H2,1-2H3. The van der Waals surface area contributed by atoms with Crippen LogP contribution in [0.4, 0.5) is 0 Å². The summed E-state index contributed by atoms with van der Waals surface area (Å²) in [5.74, 6) is 1.53. The lowest BCUT2D eigenvalue weighted by Gasteiger charge is -2.11. The fraction of sp³-hybridized carbons (Fsp3) is 0.125. The third-order valence-electron chi connectivity index (χ3n) is 5.01. The van der Waals surface area contributed by atoms with Crippen LogP contribution >= 0.6 is 0 Å². The molecule has 0 aromatic heterocycles. The van der Waals surface area contributed by atoms with Crippen LogP contribution in [0.1, 0.15) is 27.8 Å². The summed E-state index contributed by atoms with van der Waals surface area (Å²) in [5.41, 5.74) is 7.44. The average molecular weight is 353 g/mol. The first-order valence-electron chi connectivity index (χ1n) is 8.79. The molecule has 1 aliphatic carbocycles. The van der Waals surface area contributed by atoms with Crippen LogP contribution < -0.4 is 9.47 Å². The lowest BCUT2D eigenvalue weighted by molar-refractivity contribution is 0.414. The highest BCUT2D eigenvalue weighted by Gasteiger charge is 2.27. The third kappa shape index (κ3) is 2.96. The Morgan fingerprint density at radius 3 is 2.15 bits per heavy atom. The van der Waals surface area contributed by atoms with Gasteiger partial charge in [-0.3, -0.25) is 0 Å². The van der Waals surface area contributed by atoms with E-state index in [4.69, 9.17) is 9.47 Å². The van der Waals surface area contributed by atoms with E-state index in [1.54, 1.807) is 14.2 Å². The van der Waals surface area contributed by atoms with Crippen molar-refractivity contribution >= 4 is 11.1 Å². The molecule has 132 valence electrons. The number of methoxy groups -OCH3 is 2. The van der Waals surface area contributed by atoms with Gasteiger partial charge in [-0.2, -0.15) is 5.26 Å². The van der Waals surface area contributed by atoms with Crippen molar-refractivity contribution in [3.05, 3.63) is 94.5 Å². The fourth-order valence-electron chi connectivity index (χ4n) is 3.68. The second kappa shape index (κ2) is 7.01. The molecule has 0 spiro atoms. The van der Waals surface area contributed by atoms with Gasteiger partial charge in [-0.05, 0) is 57.7 Å². The van der Waals surface area contributed by atoms with Gasteiger partial charge in [0.25, 0.3) is 0 Å². The lowest BCUT2D eigenvalue weighted by atomic mass is 9.94. The first-order valence-corrected chi connectivity index (χ1v) is 8.79. The molecule has 3 heteroatoms. The molecule has 4 rings (SSSR count). The van der Waals surface area contributed by atoms with E-state index in [0.29, 0.717) is 11.3 Å². The van der Waals surface area contributed by atoms with Crippen LogP contribution in [0.15, 0.2) is 66.7 Å². The highest BCUT2D eigenvalue weighted by Crippen LogP contribution is 2.45. The second-order valence-corrected chi connectivity index (χ2v) is 6.44. The molecule has 0 radical (unpaired) electrons. The Labute approximate surface area is 159 Å². The predicted octanol–water partition coefficient (Wildman–Crippen LogP) is 5.09. The van der Waals surface area contributed by atoms with E-state index in [1.165, 1.54) is 5.57 Å². The number of hydrogen-bond donors (Lipinski definition) is 0. The molecule has 27 heavy (non-hydrogen) atoms. The topological polar surface area (TPSA) is 42.2 Å². The molecule has 0 aliphatic heterocycles. The van der Waals surface area contributed by atoms with Crippen molar-refractivity contribution in [2.24, 2.45) is 0 Å². The van der Waals surface area contributed by atoms with Crippen LogP contribution in [-0.4, -0.2) is 14.2 Å². The minimum Gasteiger partial charge on any atom is -0.497 e. The maximum atomic E-state index is 9.66. The van der Waals surface area contributed by atoms with Gasteiger partial charge in [-0.1, -0.05) is 42.5 Å². The summed E-state index contributed by atoms with van der Waals surface area (Å²) in [4.78, 5) is 0. The molecule has 0 amide bonds. The van der Waals surface area contributed by atoms with Crippen LogP contribution in [-0.2, 0) is 6.42 Å². The molecule has 3 aromatic rings. The lowest BCUT2D eigenvalue weighted by Crippen LogP contribution is -1.94. The molecular formula is C24H19NO2. The maximum Gasteiger partial charge on any atom is 0.120 e. The van der Waals surface area contributed by atoms with Crippen molar-refractivity contribution in [3.63, 3.8) is 0 Å². The normalized spacial score (nSPS) is 12.5.